The summed E-state index contributed by atoms with van der Waals surface area (Å²) in [7, 11) is 0. The molecule has 3 N–H and O–H groups in total. The SMILES string of the molecule is NC(=O)CCC(C(=O)NCc1cn(-c2ccccc2)nc1-c1ccc(F)cc1)N1C(=O)c2ccccc2C1=O. The van der Waals surface area contributed by atoms with Crippen molar-refractivity contribution in [1.29, 1.82) is 0 Å². The Hall–Kier alpha value is -5.12. The van der Waals surface area contributed by atoms with Gasteiger partial charge in [0.05, 0.1) is 22.5 Å². The molecule has 2 heterocycles. The number of carbonyl (C=O) groups is 4. The molecule has 9 nitrogen and oxygen atoms in total. The van der Waals surface area contributed by atoms with E-state index in [-0.39, 0.29) is 30.5 Å². The molecule has 39 heavy (non-hydrogen) atoms. The van der Waals surface area contributed by atoms with Gasteiger partial charge in [0, 0.05) is 30.3 Å². The molecule has 10 heteroatoms. The van der Waals surface area contributed by atoms with Gasteiger partial charge in [-0.3, -0.25) is 24.1 Å². The van der Waals surface area contributed by atoms with Gasteiger partial charge in [0.2, 0.25) is 11.8 Å². The third-order valence-electron chi connectivity index (χ3n) is 6.49. The van der Waals surface area contributed by atoms with E-state index in [4.69, 9.17) is 5.73 Å². The van der Waals surface area contributed by atoms with Crippen molar-refractivity contribution in [2.75, 3.05) is 0 Å². The third-order valence-corrected chi connectivity index (χ3v) is 6.49. The molecule has 196 valence electrons. The van der Waals surface area contributed by atoms with E-state index < -0.39 is 35.5 Å². The minimum atomic E-state index is -1.25. The third kappa shape index (κ3) is 5.17. The Bertz CT molecular complexity index is 1530. The number of amides is 4. The predicted molar refractivity (Wildman–Crippen MR) is 140 cm³/mol. The number of nitrogens with zero attached hydrogens (tertiary/aromatic N) is 3. The lowest BCUT2D eigenvalue weighted by Gasteiger charge is -2.25. The lowest BCUT2D eigenvalue weighted by atomic mass is 10.1. The van der Waals surface area contributed by atoms with Gasteiger partial charge >= 0.3 is 0 Å². The second-order valence-corrected chi connectivity index (χ2v) is 9.05. The Morgan fingerprint density at radius 2 is 1.51 bits per heavy atom. The van der Waals surface area contributed by atoms with Crippen LogP contribution in [0.15, 0.2) is 85.1 Å². The van der Waals surface area contributed by atoms with Gasteiger partial charge in [-0.15, -0.1) is 0 Å². The molecule has 0 saturated heterocycles. The van der Waals surface area contributed by atoms with Crippen molar-refractivity contribution < 1.29 is 23.6 Å². The first kappa shape index (κ1) is 25.5. The monoisotopic (exact) mass is 525 g/mol. The molecule has 1 aliphatic heterocycles. The minimum absolute atomic E-state index is 0.00534. The molecule has 0 aliphatic carbocycles. The number of primary amides is 1. The molecule has 3 aromatic carbocycles. The van der Waals surface area contributed by atoms with Crippen molar-refractivity contribution in [2.45, 2.75) is 25.4 Å². The number of imide groups is 1. The Balaban J connectivity index is 1.43. The zero-order chi connectivity index (χ0) is 27.5. The average molecular weight is 526 g/mol. The standard InChI is InChI=1S/C29H24FN5O4/c30-20-12-10-18(11-13-20)26-19(17-34(33-26)21-6-2-1-3-7-21)16-32-27(37)24(14-15-25(31)36)35-28(38)22-8-4-5-9-23(22)29(35)39/h1-13,17,24H,14-16H2,(H2,31,36)(H,32,37). The number of nitrogens with one attached hydrogen (secondary N) is 1. The summed E-state index contributed by atoms with van der Waals surface area (Å²) >= 11 is 0. The molecule has 5 rings (SSSR count). The molecule has 0 radical (unpaired) electrons. The zero-order valence-electron chi connectivity index (χ0n) is 20.7. The van der Waals surface area contributed by atoms with E-state index >= 15 is 0 Å². The van der Waals surface area contributed by atoms with Crippen LogP contribution in [0.5, 0.6) is 0 Å². The topological polar surface area (TPSA) is 127 Å². The molecule has 4 amide bonds. The molecule has 0 fully saturated rings. The molecule has 0 bridgehead atoms. The van der Waals surface area contributed by atoms with Crippen LogP contribution in [0.3, 0.4) is 0 Å². The van der Waals surface area contributed by atoms with Crippen LogP contribution >= 0.6 is 0 Å². The van der Waals surface area contributed by atoms with Crippen molar-refractivity contribution in [1.82, 2.24) is 20.0 Å². The molecule has 0 spiro atoms. The molecule has 0 saturated carbocycles. The fraction of sp³-hybridized carbons (Fsp3) is 0.138. The first-order chi connectivity index (χ1) is 18.8. The highest BCUT2D eigenvalue weighted by atomic mass is 19.1. The number of aromatic nitrogens is 2. The van der Waals surface area contributed by atoms with E-state index in [1.807, 2.05) is 30.3 Å². The smallest absolute Gasteiger partial charge is 0.262 e. The van der Waals surface area contributed by atoms with Crippen molar-refractivity contribution >= 4 is 23.6 Å². The number of hydrogen-bond donors (Lipinski definition) is 2. The summed E-state index contributed by atoms with van der Waals surface area (Å²) in [5.74, 6) is -2.89. The van der Waals surface area contributed by atoms with E-state index in [2.05, 4.69) is 10.4 Å². The van der Waals surface area contributed by atoms with Gasteiger partial charge in [0.25, 0.3) is 11.8 Å². The maximum absolute atomic E-state index is 13.6. The van der Waals surface area contributed by atoms with Gasteiger partial charge < -0.3 is 11.1 Å². The highest BCUT2D eigenvalue weighted by molar-refractivity contribution is 6.22. The van der Waals surface area contributed by atoms with Crippen molar-refractivity contribution in [2.24, 2.45) is 5.73 Å². The second kappa shape index (κ2) is 10.7. The summed E-state index contributed by atoms with van der Waals surface area (Å²) < 4.78 is 15.2. The lowest BCUT2D eigenvalue weighted by molar-refractivity contribution is -0.125. The molecular formula is C29H24FN5O4. The summed E-state index contributed by atoms with van der Waals surface area (Å²) in [4.78, 5) is 52.0. The Morgan fingerprint density at radius 1 is 0.897 bits per heavy atom. The van der Waals surface area contributed by atoms with Gasteiger partial charge in [-0.2, -0.15) is 5.10 Å². The Morgan fingerprint density at radius 3 is 2.13 bits per heavy atom. The number of nitrogens with two attached hydrogens (primary N) is 1. The molecule has 1 unspecified atom stereocenters. The van der Waals surface area contributed by atoms with Gasteiger partial charge in [0.15, 0.2) is 0 Å². The normalized spacial score (nSPS) is 13.3. The van der Waals surface area contributed by atoms with Gasteiger partial charge in [-0.1, -0.05) is 30.3 Å². The van der Waals surface area contributed by atoms with E-state index in [0.717, 1.165) is 10.6 Å². The maximum atomic E-state index is 13.6. The van der Waals surface area contributed by atoms with Crippen LogP contribution in [-0.2, 0) is 16.1 Å². The Kier molecular flexibility index (Phi) is 7.00. The van der Waals surface area contributed by atoms with Crippen molar-refractivity contribution in [3.05, 3.63) is 108 Å². The second-order valence-electron chi connectivity index (χ2n) is 9.05. The van der Waals surface area contributed by atoms with E-state index in [0.29, 0.717) is 16.8 Å². The maximum Gasteiger partial charge on any atom is 0.262 e. The number of para-hydroxylation sites is 1. The van der Waals surface area contributed by atoms with Crippen LogP contribution in [0.4, 0.5) is 4.39 Å². The number of rotatable bonds is 9. The fourth-order valence-electron chi connectivity index (χ4n) is 4.55. The highest BCUT2D eigenvalue weighted by Crippen LogP contribution is 2.27. The van der Waals surface area contributed by atoms with Crippen molar-refractivity contribution in [3.8, 4) is 16.9 Å². The number of hydrogen-bond acceptors (Lipinski definition) is 5. The number of benzene rings is 3. The van der Waals surface area contributed by atoms with Gasteiger partial charge in [-0.25, -0.2) is 9.07 Å². The fourth-order valence-corrected chi connectivity index (χ4v) is 4.55. The summed E-state index contributed by atoms with van der Waals surface area (Å²) in [6.45, 7) is -0.00534. The van der Waals surface area contributed by atoms with Crippen molar-refractivity contribution in [3.63, 3.8) is 0 Å². The highest BCUT2D eigenvalue weighted by Gasteiger charge is 2.42. The van der Waals surface area contributed by atoms with Crippen LogP contribution < -0.4 is 11.1 Å². The van der Waals surface area contributed by atoms with E-state index in [1.54, 1.807) is 35.1 Å². The summed E-state index contributed by atoms with van der Waals surface area (Å²) in [5.41, 5.74) is 8.27. The molecule has 1 aliphatic rings. The average Bonchev–Trinajstić information content (AvgIpc) is 3.48. The number of halogens is 1. The Labute approximate surface area is 223 Å². The summed E-state index contributed by atoms with van der Waals surface area (Å²) in [6, 6.07) is 20.2. The molecular weight excluding hydrogens is 501 g/mol. The van der Waals surface area contributed by atoms with E-state index in [9.17, 15) is 23.6 Å². The number of fused-ring (bicyclic) bond motifs is 1. The largest absolute Gasteiger partial charge is 0.370 e. The van der Waals surface area contributed by atoms with Crippen LogP contribution in [0.25, 0.3) is 16.9 Å². The van der Waals surface area contributed by atoms with Gasteiger partial charge in [0.1, 0.15) is 11.9 Å². The van der Waals surface area contributed by atoms with Crippen LogP contribution in [0.1, 0.15) is 39.1 Å². The predicted octanol–water partition coefficient (Wildman–Crippen LogP) is 3.22. The summed E-state index contributed by atoms with van der Waals surface area (Å²) in [6.07, 6.45) is 1.42. The first-order valence-corrected chi connectivity index (χ1v) is 12.3. The molecule has 4 aromatic rings. The number of carbonyl (C=O) groups excluding carboxylic acids is 4. The van der Waals surface area contributed by atoms with Crippen LogP contribution in [0.2, 0.25) is 0 Å². The minimum Gasteiger partial charge on any atom is -0.370 e. The molecule has 1 atom stereocenters. The lowest BCUT2D eigenvalue weighted by Crippen LogP contribution is -2.49. The molecule has 1 aromatic heterocycles. The van der Waals surface area contributed by atoms with E-state index in [1.165, 1.54) is 24.3 Å². The first-order valence-electron chi connectivity index (χ1n) is 12.3. The zero-order valence-corrected chi connectivity index (χ0v) is 20.7. The summed E-state index contributed by atoms with van der Waals surface area (Å²) in [5, 5.41) is 7.44. The van der Waals surface area contributed by atoms with Crippen LogP contribution in [-0.4, -0.2) is 44.4 Å². The van der Waals surface area contributed by atoms with Gasteiger partial charge in [-0.05, 0) is 55.0 Å². The quantitative estimate of drug-likeness (QED) is 0.325. The van der Waals surface area contributed by atoms with Crippen LogP contribution in [0, 0.1) is 5.82 Å².